The van der Waals surface area contributed by atoms with Gasteiger partial charge in [-0.3, -0.25) is 5.10 Å². The number of rotatable bonds is 3. The van der Waals surface area contributed by atoms with Gasteiger partial charge in [-0.05, 0) is 11.1 Å². The monoisotopic (exact) mass is 270 g/mol. The molecule has 0 saturated heterocycles. The Morgan fingerprint density at radius 2 is 2.00 bits per heavy atom. The molecule has 0 aliphatic carbocycles. The Labute approximate surface area is 115 Å². The molecule has 1 aromatic heterocycles. The first-order valence-electron chi connectivity index (χ1n) is 6.38. The number of nitrogens with two attached hydrogens (primary N) is 2. The molecule has 3 rings (SSSR count). The van der Waals surface area contributed by atoms with Gasteiger partial charge >= 0.3 is 0 Å². The first-order chi connectivity index (χ1) is 9.72. The van der Waals surface area contributed by atoms with Gasteiger partial charge in [-0.2, -0.15) is 5.10 Å². The van der Waals surface area contributed by atoms with Gasteiger partial charge in [0, 0.05) is 23.9 Å². The van der Waals surface area contributed by atoms with Crippen molar-refractivity contribution in [1.82, 2.24) is 10.2 Å². The van der Waals surface area contributed by atoms with Crippen LogP contribution >= 0.6 is 0 Å². The molecule has 4 nitrogen and oxygen atoms in total. The van der Waals surface area contributed by atoms with Gasteiger partial charge in [0.25, 0.3) is 0 Å². The van der Waals surface area contributed by atoms with E-state index in [1.54, 1.807) is 6.20 Å². The molecular weight excluding hydrogens is 255 g/mol. The molecule has 0 saturated carbocycles. The Morgan fingerprint density at radius 3 is 2.70 bits per heavy atom. The zero-order valence-corrected chi connectivity index (χ0v) is 10.8. The second-order valence-corrected chi connectivity index (χ2v) is 4.72. The zero-order valence-electron chi connectivity index (χ0n) is 10.8. The molecule has 1 atom stereocenters. The molecule has 0 bridgehead atoms. The topological polar surface area (TPSA) is 80.7 Å². The van der Waals surface area contributed by atoms with E-state index in [0.717, 1.165) is 10.9 Å². The van der Waals surface area contributed by atoms with Crippen LogP contribution in [0.25, 0.3) is 10.9 Å². The minimum atomic E-state index is -0.453. The van der Waals surface area contributed by atoms with Crippen LogP contribution in [-0.4, -0.2) is 16.7 Å². The normalized spacial score (nSPS) is 12.7. The van der Waals surface area contributed by atoms with Crippen LogP contribution in [-0.2, 0) is 0 Å². The quantitative estimate of drug-likeness (QED) is 0.639. The summed E-state index contributed by atoms with van der Waals surface area (Å²) in [5, 5.41) is 7.55. The molecule has 0 aliphatic heterocycles. The number of H-pyrrole nitrogens is 1. The van der Waals surface area contributed by atoms with Crippen molar-refractivity contribution >= 4 is 16.6 Å². The van der Waals surface area contributed by atoms with E-state index in [1.165, 1.54) is 6.07 Å². The van der Waals surface area contributed by atoms with Crippen molar-refractivity contribution in [1.29, 1.82) is 0 Å². The van der Waals surface area contributed by atoms with Crippen molar-refractivity contribution in [3.8, 4) is 0 Å². The van der Waals surface area contributed by atoms with Crippen molar-refractivity contribution in [2.24, 2.45) is 5.73 Å². The van der Waals surface area contributed by atoms with E-state index in [4.69, 9.17) is 11.5 Å². The smallest absolute Gasteiger partial charge is 0.148 e. The number of nitrogen functional groups attached to an aromatic ring is 1. The second-order valence-electron chi connectivity index (χ2n) is 4.72. The number of hydrogen-bond donors (Lipinski definition) is 3. The molecule has 3 aromatic rings. The van der Waals surface area contributed by atoms with Crippen molar-refractivity contribution < 1.29 is 4.39 Å². The second kappa shape index (κ2) is 4.94. The lowest BCUT2D eigenvalue weighted by molar-refractivity contribution is 0.630. The van der Waals surface area contributed by atoms with E-state index < -0.39 is 5.82 Å². The average molecular weight is 270 g/mol. The highest BCUT2D eigenvalue weighted by molar-refractivity contribution is 5.88. The highest BCUT2D eigenvalue weighted by Gasteiger charge is 2.21. The number of halogens is 1. The minimum Gasteiger partial charge on any atom is -0.396 e. The highest BCUT2D eigenvalue weighted by Crippen LogP contribution is 2.35. The van der Waals surface area contributed by atoms with Gasteiger partial charge in [-0.15, -0.1) is 0 Å². The average Bonchev–Trinajstić information content (AvgIpc) is 2.92. The molecule has 1 heterocycles. The minimum absolute atomic E-state index is 0.137. The summed E-state index contributed by atoms with van der Waals surface area (Å²) in [6, 6.07) is 11.1. The van der Waals surface area contributed by atoms with Gasteiger partial charge in [0.05, 0.1) is 17.4 Å². The Morgan fingerprint density at radius 1 is 1.25 bits per heavy atom. The van der Waals surface area contributed by atoms with E-state index >= 15 is 0 Å². The molecular formula is C15H15FN4. The highest BCUT2D eigenvalue weighted by atomic mass is 19.1. The third-order valence-electron chi connectivity index (χ3n) is 3.56. The lowest BCUT2D eigenvalue weighted by Crippen LogP contribution is -2.16. The number of nitrogens with zero attached hydrogens (tertiary/aromatic N) is 1. The first-order valence-corrected chi connectivity index (χ1v) is 6.38. The number of hydrogen-bond acceptors (Lipinski definition) is 3. The van der Waals surface area contributed by atoms with Crippen molar-refractivity contribution in [3.05, 3.63) is 59.5 Å². The summed E-state index contributed by atoms with van der Waals surface area (Å²) in [6.07, 6.45) is 1.66. The maximum atomic E-state index is 14.0. The molecule has 20 heavy (non-hydrogen) atoms. The largest absolute Gasteiger partial charge is 0.396 e. The summed E-state index contributed by atoms with van der Waals surface area (Å²) in [7, 11) is 0. The van der Waals surface area contributed by atoms with Gasteiger partial charge in [0.1, 0.15) is 5.82 Å². The van der Waals surface area contributed by atoms with Crippen LogP contribution in [0.1, 0.15) is 17.0 Å². The Hall–Kier alpha value is -2.40. The van der Waals surface area contributed by atoms with Crippen LogP contribution in [0.4, 0.5) is 10.1 Å². The lowest BCUT2D eigenvalue weighted by atomic mass is 9.88. The predicted molar refractivity (Wildman–Crippen MR) is 77.8 cm³/mol. The van der Waals surface area contributed by atoms with Crippen LogP contribution in [0, 0.1) is 5.82 Å². The van der Waals surface area contributed by atoms with Crippen LogP contribution < -0.4 is 11.5 Å². The molecule has 2 aromatic carbocycles. The van der Waals surface area contributed by atoms with Crippen LogP contribution in [0.15, 0.2) is 42.6 Å². The van der Waals surface area contributed by atoms with Gasteiger partial charge in [0.15, 0.2) is 0 Å². The summed E-state index contributed by atoms with van der Waals surface area (Å²) in [6.45, 7) is 0.345. The summed E-state index contributed by atoms with van der Waals surface area (Å²) in [5.74, 6) is -0.613. The number of benzene rings is 2. The number of aromatic amines is 1. The van der Waals surface area contributed by atoms with Crippen LogP contribution in [0.3, 0.4) is 0 Å². The fourth-order valence-corrected chi connectivity index (χ4v) is 2.58. The van der Waals surface area contributed by atoms with E-state index in [1.807, 2.05) is 30.3 Å². The van der Waals surface area contributed by atoms with Gasteiger partial charge in [-0.25, -0.2) is 4.39 Å². The van der Waals surface area contributed by atoms with E-state index in [2.05, 4.69) is 10.2 Å². The Balaban J connectivity index is 2.26. The third kappa shape index (κ3) is 1.92. The van der Waals surface area contributed by atoms with Gasteiger partial charge < -0.3 is 11.5 Å². The molecule has 5 heteroatoms. The number of anilines is 1. The molecule has 0 amide bonds. The molecule has 0 radical (unpaired) electrons. The van der Waals surface area contributed by atoms with Crippen molar-refractivity contribution in [3.63, 3.8) is 0 Å². The maximum absolute atomic E-state index is 14.0. The predicted octanol–water partition coefficient (Wildman–Crippen LogP) is 2.37. The first kappa shape index (κ1) is 12.6. The zero-order chi connectivity index (χ0) is 14.1. The van der Waals surface area contributed by atoms with Gasteiger partial charge in [-0.1, -0.05) is 30.3 Å². The molecule has 5 N–H and O–H groups in total. The van der Waals surface area contributed by atoms with Gasteiger partial charge in [0.2, 0.25) is 0 Å². The van der Waals surface area contributed by atoms with Crippen molar-refractivity contribution in [2.75, 3.05) is 12.3 Å². The van der Waals surface area contributed by atoms with Crippen molar-refractivity contribution in [2.45, 2.75) is 5.92 Å². The molecule has 1 unspecified atom stereocenters. The summed E-state index contributed by atoms with van der Waals surface area (Å²) >= 11 is 0. The number of nitrogens with one attached hydrogen (secondary N) is 1. The molecule has 0 aliphatic rings. The Bertz CT molecular complexity index is 736. The summed E-state index contributed by atoms with van der Waals surface area (Å²) < 4.78 is 14.0. The van der Waals surface area contributed by atoms with Crippen LogP contribution in [0.2, 0.25) is 0 Å². The summed E-state index contributed by atoms with van der Waals surface area (Å²) in [4.78, 5) is 0. The van der Waals surface area contributed by atoms with E-state index in [9.17, 15) is 4.39 Å². The molecule has 0 fully saturated rings. The molecule has 0 spiro atoms. The Kier molecular flexibility index (Phi) is 3.12. The maximum Gasteiger partial charge on any atom is 0.148 e. The standard InChI is InChI=1S/C15H15FN4/c16-12-6-13-11(8-19-20-13)14(15(12)18)10(7-17)9-4-2-1-3-5-9/h1-6,8,10H,7,17-18H2,(H,19,20). The molecule has 102 valence electrons. The fourth-order valence-electron chi connectivity index (χ4n) is 2.58. The van der Waals surface area contributed by atoms with Crippen LogP contribution in [0.5, 0.6) is 0 Å². The third-order valence-corrected chi connectivity index (χ3v) is 3.56. The summed E-state index contributed by atoms with van der Waals surface area (Å²) in [5.41, 5.74) is 14.3. The lowest BCUT2D eigenvalue weighted by Gasteiger charge is -2.19. The number of fused-ring (bicyclic) bond motifs is 1. The number of aromatic nitrogens is 2. The SMILES string of the molecule is NCC(c1ccccc1)c1c(N)c(F)cc2[nH]ncc12. The van der Waals surface area contributed by atoms with E-state index in [-0.39, 0.29) is 11.6 Å². The fraction of sp³-hybridized carbons (Fsp3) is 0.133. The van der Waals surface area contributed by atoms with E-state index in [0.29, 0.717) is 17.6 Å².